The molecule has 2 rings (SSSR count). The lowest BCUT2D eigenvalue weighted by atomic mass is 10.4. The first kappa shape index (κ1) is 7.85. The van der Waals surface area contributed by atoms with Gasteiger partial charge in [-0.15, -0.1) is 0 Å². The van der Waals surface area contributed by atoms with Crippen LogP contribution in [0.4, 0.5) is 0 Å². The van der Waals surface area contributed by atoms with Crippen molar-refractivity contribution in [2.45, 2.75) is 0 Å². The van der Waals surface area contributed by atoms with E-state index in [0.717, 1.165) is 0 Å². The number of hydrogen-bond acceptors (Lipinski definition) is 3. The highest BCUT2D eigenvalue weighted by molar-refractivity contribution is 5.77. The molecule has 0 amide bonds. The van der Waals surface area contributed by atoms with Crippen molar-refractivity contribution in [1.29, 1.82) is 0 Å². The molecule has 0 bridgehead atoms. The van der Waals surface area contributed by atoms with Crippen LogP contribution in [0.15, 0.2) is 17.1 Å². The number of nitrogens with one attached hydrogen (secondary N) is 1. The third-order valence-corrected chi connectivity index (χ3v) is 1.97. The summed E-state index contributed by atoms with van der Waals surface area (Å²) in [6.07, 6.45) is 1.59. The van der Waals surface area contributed by atoms with E-state index in [-0.39, 0.29) is 5.69 Å². The zero-order chi connectivity index (χ0) is 9.42. The fourth-order valence-corrected chi connectivity index (χ4v) is 1.30. The van der Waals surface area contributed by atoms with Gasteiger partial charge in [-0.2, -0.15) is 0 Å². The van der Waals surface area contributed by atoms with E-state index in [1.165, 1.54) is 4.57 Å². The summed E-state index contributed by atoms with van der Waals surface area (Å²) in [6, 6.07) is 1.72. The normalized spacial score (nSPS) is 10.6. The summed E-state index contributed by atoms with van der Waals surface area (Å²) in [4.78, 5) is 17.9. The Morgan fingerprint density at radius 2 is 2.38 bits per heavy atom. The number of hydrogen-bond donors (Lipinski definition) is 1. The Bertz CT molecular complexity index is 498. The quantitative estimate of drug-likeness (QED) is 0.683. The topological polar surface area (TPSA) is 59.9 Å². The van der Waals surface area contributed by atoms with Gasteiger partial charge in [0.1, 0.15) is 11.3 Å². The molecular formula is C8H9N3O2. The number of aromatic nitrogens is 3. The Labute approximate surface area is 74.0 Å². The molecule has 13 heavy (non-hydrogen) atoms. The first-order valence-electron chi connectivity index (χ1n) is 3.81. The van der Waals surface area contributed by atoms with Gasteiger partial charge in [-0.1, -0.05) is 0 Å². The van der Waals surface area contributed by atoms with Gasteiger partial charge in [0.25, 0.3) is 0 Å². The molecule has 0 saturated carbocycles. The van der Waals surface area contributed by atoms with Crippen LogP contribution in [0.2, 0.25) is 0 Å². The first-order valence-corrected chi connectivity index (χ1v) is 3.81. The minimum Gasteiger partial charge on any atom is -0.494 e. The van der Waals surface area contributed by atoms with Gasteiger partial charge in [-0.05, 0) is 0 Å². The monoisotopic (exact) mass is 179 g/mol. The average Bonchev–Trinajstić information content (AvgIpc) is 2.43. The van der Waals surface area contributed by atoms with E-state index >= 15 is 0 Å². The summed E-state index contributed by atoms with van der Waals surface area (Å²) in [7, 11) is 3.23. The fraction of sp³-hybridized carbons (Fsp3) is 0.250. The second kappa shape index (κ2) is 2.62. The van der Waals surface area contributed by atoms with Crippen LogP contribution in [0.3, 0.4) is 0 Å². The van der Waals surface area contributed by atoms with E-state index in [1.54, 1.807) is 26.4 Å². The van der Waals surface area contributed by atoms with Crippen LogP contribution in [0.5, 0.6) is 5.75 Å². The second-order valence-corrected chi connectivity index (χ2v) is 2.70. The minimum atomic E-state index is -0.188. The second-order valence-electron chi connectivity index (χ2n) is 2.70. The maximum atomic E-state index is 11.2. The van der Waals surface area contributed by atoms with Crippen molar-refractivity contribution in [2.24, 2.45) is 7.05 Å². The van der Waals surface area contributed by atoms with Crippen molar-refractivity contribution < 1.29 is 4.74 Å². The Balaban J connectivity index is 2.95. The lowest BCUT2D eigenvalue weighted by Crippen LogP contribution is -2.12. The lowest BCUT2D eigenvalue weighted by molar-refractivity contribution is 0.417. The molecule has 0 aromatic carbocycles. The highest BCUT2D eigenvalue weighted by Crippen LogP contribution is 2.19. The molecule has 2 aromatic rings. The molecule has 5 heteroatoms. The van der Waals surface area contributed by atoms with Crippen LogP contribution >= 0.6 is 0 Å². The van der Waals surface area contributed by atoms with Crippen LogP contribution in [0.25, 0.3) is 11.2 Å². The lowest BCUT2D eigenvalue weighted by Gasteiger charge is -2.01. The van der Waals surface area contributed by atoms with Crippen LogP contribution in [-0.2, 0) is 7.05 Å². The van der Waals surface area contributed by atoms with Crippen LogP contribution in [0.1, 0.15) is 0 Å². The number of aryl methyl sites for hydroxylation is 1. The molecule has 0 unspecified atom stereocenters. The molecule has 0 radical (unpaired) electrons. The molecule has 0 aliphatic heterocycles. The number of aromatic amines is 1. The van der Waals surface area contributed by atoms with E-state index < -0.39 is 0 Å². The van der Waals surface area contributed by atoms with Crippen LogP contribution in [-0.4, -0.2) is 21.6 Å². The number of fused-ring (bicyclic) bond motifs is 1. The van der Waals surface area contributed by atoms with Crippen LogP contribution in [0, 0.1) is 0 Å². The van der Waals surface area contributed by atoms with E-state index in [9.17, 15) is 4.79 Å². The zero-order valence-electron chi connectivity index (χ0n) is 7.37. The molecule has 1 N–H and O–H groups in total. The van der Waals surface area contributed by atoms with Gasteiger partial charge in [-0.25, -0.2) is 9.78 Å². The number of ether oxygens (including phenoxy) is 1. The summed E-state index contributed by atoms with van der Waals surface area (Å²) in [5, 5.41) is 0. The molecule has 0 spiro atoms. The predicted molar refractivity (Wildman–Crippen MR) is 47.9 cm³/mol. The van der Waals surface area contributed by atoms with E-state index in [0.29, 0.717) is 16.9 Å². The van der Waals surface area contributed by atoms with E-state index in [2.05, 4.69) is 9.97 Å². The summed E-state index contributed by atoms with van der Waals surface area (Å²) < 4.78 is 6.58. The highest BCUT2D eigenvalue weighted by Gasteiger charge is 2.08. The van der Waals surface area contributed by atoms with Crippen molar-refractivity contribution >= 4 is 11.2 Å². The number of H-pyrrole nitrogens is 1. The molecule has 0 aliphatic rings. The smallest absolute Gasteiger partial charge is 0.327 e. The van der Waals surface area contributed by atoms with Crippen molar-refractivity contribution in [3.63, 3.8) is 0 Å². The van der Waals surface area contributed by atoms with Gasteiger partial charge >= 0.3 is 5.69 Å². The zero-order valence-corrected chi connectivity index (χ0v) is 7.37. The van der Waals surface area contributed by atoms with Crippen molar-refractivity contribution in [3.8, 4) is 5.75 Å². The Morgan fingerprint density at radius 1 is 1.62 bits per heavy atom. The molecule has 0 fully saturated rings. The molecule has 0 saturated heterocycles. The predicted octanol–water partition coefficient (Wildman–Crippen LogP) is 0.270. The number of methoxy groups -OCH3 is 1. The summed E-state index contributed by atoms with van der Waals surface area (Å²) >= 11 is 0. The van der Waals surface area contributed by atoms with Crippen molar-refractivity contribution in [3.05, 3.63) is 22.7 Å². The maximum Gasteiger partial charge on any atom is 0.327 e. The van der Waals surface area contributed by atoms with Gasteiger partial charge in [0.2, 0.25) is 0 Å². The molecule has 5 nitrogen and oxygen atoms in total. The van der Waals surface area contributed by atoms with Gasteiger partial charge < -0.3 is 4.74 Å². The minimum absolute atomic E-state index is 0.188. The van der Waals surface area contributed by atoms with Crippen molar-refractivity contribution in [2.75, 3.05) is 7.11 Å². The summed E-state index contributed by atoms with van der Waals surface area (Å²) in [5.74, 6) is 0.644. The highest BCUT2D eigenvalue weighted by atomic mass is 16.5. The van der Waals surface area contributed by atoms with Crippen molar-refractivity contribution in [1.82, 2.24) is 14.5 Å². The third-order valence-electron chi connectivity index (χ3n) is 1.97. The number of imidazole rings is 1. The Morgan fingerprint density at radius 3 is 3.08 bits per heavy atom. The van der Waals surface area contributed by atoms with Crippen LogP contribution < -0.4 is 10.4 Å². The standard InChI is InChI=1S/C8H9N3O2/c1-11-6-5(13-2)3-4-9-7(6)10-8(11)12/h3-4H,1-2H3,(H,9,10,12). The number of pyridine rings is 1. The SMILES string of the molecule is COc1ccnc2[nH]c(=O)n(C)c12. The largest absolute Gasteiger partial charge is 0.494 e. The van der Waals surface area contributed by atoms with Gasteiger partial charge in [-0.3, -0.25) is 9.55 Å². The number of rotatable bonds is 1. The van der Waals surface area contributed by atoms with Gasteiger partial charge in [0.05, 0.1) is 7.11 Å². The molecule has 0 atom stereocenters. The molecule has 2 aromatic heterocycles. The average molecular weight is 179 g/mol. The van der Waals surface area contributed by atoms with Gasteiger partial charge in [0, 0.05) is 19.3 Å². The molecule has 2 heterocycles. The Kier molecular flexibility index (Phi) is 1.58. The molecule has 68 valence electrons. The fourth-order valence-electron chi connectivity index (χ4n) is 1.30. The summed E-state index contributed by atoms with van der Waals surface area (Å²) in [6.45, 7) is 0. The Hall–Kier alpha value is -1.78. The van der Waals surface area contributed by atoms with Gasteiger partial charge in [0.15, 0.2) is 5.65 Å². The molecule has 0 aliphatic carbocycles. The third kappa shape index (κ3) is 1.00. The first-order chi connectivity index (χ1) is 6.24. The maximum absolute atomic E-state index is 11.2. The summed E-state index contributed by atoms with van der Waals surface area (Å²) in [5.41, 5.74) is 1.05. The number of nitrogens with zero attached hydrogens (tertiary/aromatic N) is 2. The molecular weight excluding hydrogens is 170 g/mol. The van der Waals surface area contributed by atoms with E-state index in [1.807, 2.05) is 0 Å². The van der Waals surface area contributed by atoms with E-state index in [4.69, 9.17) is 4.74 Å².